The third-order valence-corrected chi connectivity index (χ3v) is 3.60. The average Bonchev–Trinajstić information content (AvgIpc) is 2.59. The van der Waals surface area contributed by atoms with E-state index < -0.39 is 0 Å². The molecular formula is C20H22N4. The Bertz CT molecular complexity index is 750. The van der Waals surface area contributed by atoms with E-state index in [-0.39, 0.29) is 0 Å². The SMILES string of the molecule is CC(C)Cc1ccc(Nc2ccc(Nc3ccncc3)cn2)cc1. The van der Waals surface area contributed by atoms with E-state index in [1.165, 1.54) is 5.56 Å². The van der Waals surface area contributed by atoms with E-state index >= 15 is 0 Å². The van der Waals surface area contributed by atoms with Crippen LogP contribution in [0.3, 0.4) is 0 Å². The molecule has 0 unspecified atom stereocenters. The number of anilines is 4. The Morgan fingerprint density at radius 1 is 0.792 bits per heavy atom. The summed E-state index contributed by atoms with van der Waals surface area (Å²) in [5, 5.41) is 6.62. The van der Waals surface area contributed by atoms with Gasteiger partial charge in [-0.2, -0.15) is 0 Å². The Labute approximate surface area is 143 Å². The standard InChI is InChI=1S/C20H22N4/c1-15(2)13-16-3-5-17(6-4-16)24-20-8-7-19(14-22-20)23-18-9-11-21-12-10-18/h3-12,14-15H,13H2,1-2H3,(H,21,23)(H,22,24). The quantitative estimate of drug-likeness (QED) is 0.659. The maximum absolute atomic E-state index is 4.45. The monoisotopic (exact) mass is 318 g/mol. The van der Waals surface area contributed by atoms with Crippen LogP contribution in [-0.2, 0) is 6.42 Å². The van der Waals surface area contributed by atoms with E-state index in [2.05, 4.69) is 58.7 Å². The highest BCUT2D eigenvalue weighted by atomic mass is 15.0. The molecule has 0 bridgehead atoms. The van der Waals surface area contributed by atoms with E-state index in [4.69, 9.17) is 0 Å². The van der Waals surface area contributed by atoms with E-state index in [0.717, 1.165) is 29.3 Å². The van der Waals surface area contributed by atoms with Crippen LogP contribution in [0.4, 0.5) is 22.9 Å². The zero-order chi connectivity index (χ0) is 16.8. The van der Waals surface area contributed by atoms with Gasteiger partial charge >= 0.3 is 0 Å². The first-order valence-corrected chi connectivity index (χ1v) is 8.18. The summed E-state index contributed by atoms with van der Waals surface area (Å²) in [4.78, 5) is 8.46. The third kappa shape index (κ3) is 4.56. The molecule has 4 nitrogen and oxygen atoms in total. The molecule has 3 aromatic rings. The van der Waals surface area contributed by atoms with E-state index in [9.17, 15) is 0 Å². The summed E-state index contributed by atoms with van der Waals surface area (Å²) in [5.41, 5.74) is 4.34. The summed E-state index contributed by atoms with van der Waals surface area (Å²) >= 11 is 0. The maximum atomic E-state index is 4.45. The second-order valence-electron chi connectivity index (χ2n) is 6.21. The smallest absolute Gasteiger partial charge is 0.130 e. The number of nitrogens with one attached hydrogen (secondary N) is 2. The molecule has 4 heteroatoms. The zero-order valence-corrected chi connectivity index (χ0v) is 14.0. The Hall–Kier alpha value is -2.88. The molecule has 0 atom stereocenters. The summed E-state index contributed by atoms with van der Waals surface area (Å²) in [6, 6.07) is 16.3. The van der Waals surface area contributed by atoms with Gasteiger partial charge in [0.15, 0.2) is 0 Å². The molecule has 0 amide bonds. The van der Waals surface area contributed by atoms with Crippen LogP contribution >= 0.6 is 0 Å². The molecule has 0 aliphatic carbocycles. The van der Waals surface area contributed by atoms with Crippen LogP contribution in [-0.4, -0.2) is 9.97 Å². The van der Waals surface area contributed by atoms with Crippen molar-refractivity contribution in [3.8, 4) is 0 Å². The summed E-state index contributed by atoms with van der Waals surface area (Å²) in [7, 11) is 0. The third-order valence-electron chi connectivity index (χ3n) is 3.60. The summed E-state index contributed by atoms with van der Waals surface area (Å²) < 4.78 is 0. The van der Waals surface area contributed by atoms with Gasteiger partial charge in [-0.3, -0.25) is 4.98 Å². The van der Waals surface area contributed by atoms with Crippen molar-refractivity contribution in [3.05, 3.63) is 72.7 Å². The van der Waals surface area contributed by atoms with E-state index in [1.54, 1.807) is 12.4 Å². The van der Waals surface area contributed by atoms with Crippen molar-refractivity contribution in [1.29, 1.82) is 0 Å². The number of nitrogens with zero attached hydrogens (tertiary/aromatic N) is 2. The molecule has 24 heavy (non-hydrogen) atoms. The molecule has 0 radical (unpaired) electrons. The van der Waals surface area contributed by atoms with Crippen molar-refractivity contribution in [1.82, 2.24) is 9.97 Å². The first-order chi connectivity index (χ1) is 11.7. The average molecular weight is 318 g/mol. The number of hydrogen-bond donors (Lipinski definition) is 2. The fourth-order valence-corrected chi connectivity index (χ4v) is 2.49. The minimum atomic E-state index is 0.672. The Balaban J connectivity index is 1.61. The Morgan fingerprint density at radius 3 is 2.08 bits per heavy atom. The van der Waals surface area contributed by atoms with Crippen LogP contribution in [0.5, 0.6) is 0 Å². The lowest BCUT2D eigenvalue weighted by Crippen LogP contribution is -1.97. The fraction of sp³-hybridized carbons (Fsp3) is 0.200. The molecule has 2 aromatic heterocycles. The minimum absolute atomic E-state index is 0.672. The Kier molecular flexibility index (Phi) is 5.06. The van der Waals surface area contributed by atoms with Gasteiger partial charge in [-0.1, -0.05) is 26.0 Å². The molecule has 2 N–H and O–H groups in total. The molecule has 122 valence electrons. The maximum Gasteiger partial charge on any atom is 0.130 e. The highest BCUT2D eigenvalue weighted by Gasteiger charge is 2.00. The van der Waals surface area contributed by atoms with Crippen LogP contribution < -0.4 is 10.6 Å². The predicted octanol–water partition coefficient (Wildman–Crippen LogP) is 5.16. The number of rotatable bonds is 6. The van der Waals surface area contributed by atoms with Gasteiger partial charge in [0.05, 0.1) is 11.9 Å². The van der Waals surface area contributed by atoms with Crippen LogP contribution in [0.2, 0.25) is 0 Å². The first kappa shape index (κ1) is 16.0. The topological polar surface area (TPSA) is 49.8 Å². The van der Waals surface area contributed by atoms with Crippen molar-refractivity contribution in [2.24, 2.45) is 5.92 Å². The number of pyridine rings is 2. The molecule has 0 saturated carbocycles. The molecule has 0 fully saturated rings. The van der Waals surface area contributed by atoms with Gasteiger partial charge in [0.2, 0.25) is 0 Å². The summed E-state index contributed by atoms with van der Waals surface area (Å²) in [6.45, 7) is 4.47. The highest BCUT2D eigenvalue weighted by molar-refractivity contribution is 5.62. The normalized spacial score (nSPS) is 10.6. The Morgan fingerprint density at radius 2 is 1.46 bits per heavy atom. The van der Waals surface area contributed by atoms with Crippen LogP contribution in [0.15, 0.2) is 67.1 Å². The zero-order valence-electron chi connectivity index (χ0n) is 14.0. The predicted molar refractivity (Wildman–Crippen MR) is 100 cm³/mol. The van der Waals surface area contributed by atoms with Gasteiger partial charge in [0, 0.05) is 23.8 Å². The van der Waals surface area contributed by atoms with E-state index in [1.807, 2.05) is 30.5 Å². The van der Waals surface area contributed by atoms with Crippen molar-refractivity contribution >= 4 is 22.9 Å². The molecular weight excluding hydrogens is 296 g/mol. The molecule has 0 aliphatic rings. The second kappa shape index (κ2) is 7.59. The van der Waals surface area contributed by atoms with Crippen molar-refractivity contribution in [2.45, 2.75) is 20.3 Å². The summed E-state index contributed by atoms with van der Waals surface area (Å²) in [6.07, 6.45) is 6.44. The first-order valence-electron chi connectivity index (χ1n) is 8.18. The molecule has 2 heterocycles. The lowest BCUT2D eigenvalue weighted by Gasteiger charge is -2.10. The molecule has 0 aliphatic heterocycles. The van der Waals surface area contributed by atoms with Gasteiger partial charge in [0.25, 0.3) is 0 Å². The number of aromatic nitrogens is 2. The lowest BCUT2D eigenvalue weighted by atomic mass is 10.0. The van der Waals surface area contributed by atoms with Gasteiger partial charge in [0.1, 0.15) is 5.82 Å². The molecule has 1 aromatic carbocycles. The second-order valence-corrected chi connectivity index (χ2v) is 6.21. The highest BCUT2D eigenvalue weighted by Crippen LogP contribution is 2.20. The minimum Gasteiger partial charge on any atom is -0.354 e. The number of hydrogen-bond acceptors (Lipinski definition) is 4. The largest absolute Gasteiger partial charge is 0.354 e. The lowest BCUT2D eigenvalue weighted by molar-refractivity contribution is 0.647. The number of benzene rings is 1. The van der Waals surface area contributed by atoms with E-state index in [0.29, 0.717) is 5.92 Å². The van der Waals surface area contributed by atoms with Crippen molar-refractivity contribution in [2.75, 3.05) is 10.6 Å². The van der Waals surface area contributed by atoms with Gasteiger partial charge < -0.3 is 10.6 Å². The van der Waals surface area contributed by atoms with Crippen LogP contribution in [0.25, 0.3) is 0 Å². The van der Waals surface area contributed by atoms with Gasteiger partial charge in [-0.05, 0) is 54.3 Å². The molecule has 3 rings (SSSR count). The van der Waals surface area contributed by atoms with Gasteiger partial charge in [-0.15, -0.1) is 0 Å². The molecule has 0 spiro atoms. The van der Waals surface area contributed by atoms with Crippen LogP contribution in [0, 0.1) is 5.92 Å². The van der Waals surface area contributed by atoms with Crippen molar-refractivity contribution in [3.63, 3.8) is 0 Å². The fourth-order valence-electron chi connectivity index (χ4n) is 2.49. The van der Waals surface area contributed by atoms with Crippen molar-refractivity contribution < 1.29 is 0 Å². The summed E-state index contributed by atoms with van der Waals surface area (Å²) in [5.74, 6) is 1.50. The van der Waals surface area contributed by atoms with Gasteiger partial charge in [-0.25, -0.2) is 4.98 Å². The van der Waals surface area contributed by atoms with Crippen LogP contribution in [0.1, 0.15) is 19.4 Å². The molecule has 0 saturated heterocycles.